The average Bonchev–Trinajstić information content (AvgIpc) is 2.76. The van der Waals surface area contributed by atoms with E-state index < -0.39 is 27.8 Å². The Morgan fingerprint density at radius 1 is 0.719 bits per heavy atom. The third kappa shape index (κ3) is 13.5. The van der Waals surface area contributed by atoms with Crippen LogP contribution in [0.25, 0.3) is 0 Å². The molecule has 7 nitrogen and oxygen atoms in total. The summed E-state index contributed by atoms with van der Waals surface area (Å²) < 4.78 is 40.4. The molecule has 1 aromatic rings. The van der Waals surface area contributed by atoms with Gasteiger partial charge in [-0.05, 0) is 25.0 Å². The van der Waals surface area contributed by atoms with Crippen molar-refractivity contribution in [1.82, 2.24) is 0 Å². The number of benzene rings is 1. The van der Waals surface area contributed by atoms with Crippen molar-refractivity contribution in [2.75, 3.05) is 19.0 Å². The van der Waals surface area contributed by atoms with Crippen LogP contribution in [-0.4, -0.2) is 43.9 Å². The van der Waals surface area contributed by atoms with Gasteiger partial charge in [-0.15, -0.1) is 0 Å². The van der Waals surface area contributed by atoms with Crippen LogP contribution in [0.3, 0.4) is 0 Å². The van der Waals surface area contributed by atoms with E-state index in [1.165, 1.54) is 63.5 Å². The Hall–Kier alpha value is -1.93. The van der Waals surface area contributed by atoms with Crippen molar-refractivity contribution in [3.63, 3.8) is 0 Å². The van der Waals surface area contributed by atoms with Gasteiger partial charge in [0.1, 0.15) is 0 Å². The highest BCUT2D eigenvalue weighted by atomic mass is 32.2. The number of hydrogen-bond donors (Lipinski definition) is 1. The predicted molar refractivity (Wildman–Crippen MR) is 125 cm³/mol. The summed E-state index contributed by atoms with van der Waals surface area (Å²) in [6.07, 6.45) is 13.2. The van der Waals surface area contributed by atoms with E-state index in [1.807, 2.05) is 0 Å². The number of ether oxygens (including phenoxy) is 2. The van der Waals surface area contributed by atoms with E-state index in [9.17, 15) is 18.0 Å². The molecule has 0 unspecified atom stereocenters. The highest BCUT2D eigenvalue weighted by Crippen LogP contribution is 2.14. The van der Waals surface area contributed by atoms with Crippen LogP contribution in [0.2, 0.25) is 0 Å². The lowest BCUT2D eigenvalue weighted by Gasteiger charge is -2.10. The maximum atomic E-state index is 12.4. The Kier molecular flexibility index (Phi) is 14.6. The molecular weight excluding hydrogens is 432 g/mol. The summed E-state index contributed by atoms with van der Waals surface area (Å²) in [5.74, 6) is -1.81. The molecule has 0 saturated carbocycles. The molecule has 0 aliphatic rings. The quantitative estimate of drug-likeness (QED) is 0.169. The Labute approximate surface area is 192 Å². The largest absolute Gasteiger partial charge is 0.462 e. The monoisotopic (exact) mass is 470 g/mol. The van der Waals surface area contributed by atoms with Gasteiger partial charge in [0.15, 0.2) is 0 Å². The lowest BCUT2D eigenvalue weighted by Crippen LogP contribution is -2.16. The minimum absolute atomic E-state index is 0.0317. The zero-order valence-corrected chi connectivity index (χ0v) is 20.0. The Balaban J connectivity index is 2.24. The van der Waals surface area contributed by atoms with Crippen LogP contribution in [0, 0.1) is 0 Å². The van der Waals surface area contributed by atoms with Crippen molar-refractivity contribution in [2.45, 2.75) is 84.0 Å². The first-order valence-electron chi connectivity index (χ1n) is 11.7. The molecular formula is C24H38O7S. The molecule has 0 spiro atoms. The minimum Gasteiger partial charge on any atom is -0.462 e. The van der Waals surface area contributed by atoms with Gasteiger partial charge in [0.25, 0.3) is 10.1 Å². The van der Waals surface area contributed by atoms with E-state index in [0.29, 0.717) is 6.61 Å². The van der Waals surface area contributed by atoms with Crippen molar-refractivity contribution in [2.24, 2.45) is 0 Å². The van der Waals surface area contributed by atoms with Gasteiger partial charge < -0.3 is 9.47 Å². The van der Waals surface area contributed by atoms with Gasteiger partial charge in [0.2, 0.25) is 0 Å². The lowest BCUT2D eigenvalue weighted by molar-refractivity contribution is 0.0454. The van der Waals surface area contributed by atoms with Crippen LogP contribution in [0.1, 0.15) is 105 Å². The Morgan fingerprint density at radius 2 is 1.12 bits per heavy atom. The van der Waals surface area contributed by atoms with E-state index in [-0.39, 0.29) is 24.2 Å². The van der Waals surface area contributed by atoms with Crippen LogP contribution in [0.4, 0.5) is 0 Å². The van der Waals surface area contributed by atoms with Gasteiger partial charge in [0, 0.05) is 0 Å². The fourth-order valence-electron chi connectivity index (χ4n) is 3.33. The maximum absolute atomic E-state index is 12.4. The SMILES string of the molecule is CCCCCCCCCCCCCOC(=O)c1ccccc1C(=O)OCCCS(=O)(=O)O. The third-order valence-electron chi connectivity index (χ3n) is 5.13. The molecule has 0 saturated heterocycles. The molecule has 0 heterocycles. The number of esters is 2. The van der Waals surface area contributed by atoms with Gasteiger partial charge in [-0.2, -0.15) is 8.42 Å². The molecule has 1 rings (SSSR count). The standard InChI is InChI=1S/C24H38O7S/c1-2-3-4-5-6-7-8-9-10-11-14-18-30-23(25)21-16-12-13-17-22(21)24(26)31-19-15-20-32(27,28)29/h12-13,16-17H,2-11,14-15,18-20H2,1H3,(H,27,28,29). The lowest BCUT2D eigenvalue weighted by atomic mass is 10.1. The molecule has 0 aliphatic carbocycles. The van der Waals surface area contributed by atoms with E-state index in [2.05, 4.69) is 6.92 Å². The first-order chi connectivity index (χ1) is 15.3. The van der Waals surface area contributed by atoms with E-state index in [4.69, 9.17) is 14.0 Å². The third-order valence-corrected chi connectivity index (χ3v) is 5.93. The van der Waals surface area contributed by atoms with Crippen molar-refractivity contribution in [3.8, 4) is 0 Å². The molecule has 32 heavy (non-hydrogen) atoms. The molecule has 0 aromatic heterocycles. The summed E-state index contributed by atoms with van der Waals surface area (Å²) in [6, 6.07) is 6.20. The van der Waals surface area contributed by atoms with Crippen molar-refractivity contribution in [1.29, 1.82) is 0 Å². The summed E-state index contributed by atoms with van der Waals surface area (Å²) in [7, 11) is -4.10. The molecule has 0 aliphatic heterocycles. The molecule has 1 N–H and O–H groups in total. The van der Waals surface area contributed by atoms with Gasteiger partial charge >= 0.3 is 11.9 Å². The van der Waals surface area contributed by atoms with Crippen LogP contribution in [0.5, 0.6) is 0 Å². The predicted octanol–water partition coefficient (Wildman–Crippen LogP) is 5.59. The van der Waals surface area contributed by atoms with Crippen LogP contribution < -0.4 is 0 Å². The molecule has 0 fully saturated rings. The van der Waals surface area contributed by atoms with Crippen LogP contribution in [-0.2, 0) is 19.6 Å². The number of unbranched alkanes of at least 4 members (excludes halogenated alkanes) is 10. The summed E-state index contributed by atoms with van der Waals surface area (Å²) >= 11 is 0. The van der Waals surface area contributed by atoms with Crippen molar-refractivity contribution >= 4 is 22.1 Å². The Bertz CT molecular complexity index is 774. The maximum Gasteiger partial charge on any atom is 0.339 e. The fourth-order valence-corrected chi connectivity index (χ4v) is 3.81. The molecule has 8 heteroatoms. The van der Waals surface area contributed by atoms with Crippen LogP contribution in [0.15, 0.2) is 24.3 Å². The zero-order valence-electron chi connectivity index (χ0n) is 19.2. The molecule has 1 aromatic carbocycles. The highest BCUT2D eigenvalue weighted by Gasteiger charge is 2.19. The number of carbonyl (C=O) groups is 2. The second kappa shape index (κ2) is 16.7. The second-order valence-electron chi connectivity index (χ2n) is 7.99. The van der Waals surface area contributed by atoms with E-state index >= 15 is 0 Å². The number of carbonyl (C=O) groups excluding carboxylic acids is 2. The smallest absolute Gasteiger partial charge is 0.339 e. The molecule has 0 amide bonds. The topological polar surface area (TPSA) is 107 Å². The van der Waals surface area contributed by atoms with Crippen LogP contribution >= 0.6 is 0 Å². The normalized spacial score (nSPS) is 11.3. The Morgan fingerprint density at radius 3 is 1.56 bits per heavy atom. The summed E-state index contributed by atoms with van der Waals surface area (Å²) in [5, 5.41) is 0. The number of rotatable bonds is 18. The second-order valence-corrected chi connectivity index (χ2v) is 9.56. The molecule has 0 bridgehead atoms. The van der Waals surface area contributed by atoms with Gasteiger partial charge in [-0.3, -0.25) is 4.55 Å². The zero-order chi connectivity index (χ0) is 23.7. The highest BCUT2D eigenvalue weighted by molar-refractivity contribution is 7.85. The minimum atomic E-state index is -4.10. The van der Waals surface area contributed by atoms with E-state index in [0.717, 1.165) is 19.3 Å². The van der Waals surface area contributed by atoms with Crippen molar-refractivity contribution in [3.05, 3.63) is 35.4 Å². The summed E-state index contributed by atoms with van der Waals surface area (Å²) in [4.78, 5) is 24.6. The van der Waals surface area contributed by atoms with Gasteiger partial charge in [-0.25, -0.2) is 9.59 Å². The number of hydrogen-bond acceptors (Lipinski definition) is 6. The van der Waals surface area contributed by atoms with E-state index in [1.54, 1.807) is 12.1 Å². The molecule has 182 valence electrons. The molecule has 0 atom stereocenters. The summed E-state index contributed by atoms with van der Waals surface area (Å²) in [6.45, 7) is 2.35. The fraction of sp³-hybridized carbons (Fsp3) is 0.667. The van der Waals surface area contributed by atoms with Gasteiger partial charge in [0.05, 0.1) is 30.1 Å². The molecule has 0 radical (unpaired) electrons. The average molecular weight is 471 g/mol. The first kappa shape index (κ1) is 28.1. The first-order valence-corrected chi connectivity index (χ1v) is 13.3. The van der Waals surface area contributed by atoms with Gasteiger partial charge in [-0.1, -0.05) is 83.3 Å². The summed E-state index contributed by atoms with van der Waals surface area (Å²) in [5.41, 5.74) is 0.193. The van der Waals surface area contributed by atoms with Crippen molar-refractivity contribution < 1.29 is 32.0 Å².